The monoisotopic (exact) mass is 252 g/mol. The van der Waals surface area contributed by atoms with Crippen LogP contribution in [0.5, 0.6) is 0 Å². The maximum absolute atomic E-state index is 9.16. The molecule has 0 aliphatic heterocycles. The average molecular weight is 253 g/mol. The number of hydrogen-bond donors (Lipinski definition) is 1. The smallest absolute Gasteiger partial charge is 0.204 e. The van der Waals surface area contributed by atoms with Crippen LogP contribution in [0.2, 0.25) is 5.02 Å². The fourth-order valence-electron chi connectivity index (χ4n) is 1.35. The Kier molecular flexibility index (Phi) is 3.71. The minimum Gasteiger partial charge on any atom is -0.393 e. The molecule has 0 amide bonds. The lowest BCUT2D eigenvalue weighted by molar-refractivity contribution is 0.173. The molecule has 1 aromatic heterocycles. The van der Waals surface area contributed by atoms with E-state index in [0.717, 1.165) is 5.56 Å². The molecule has 0 fully saturated rings. The molecule has 0 saturated heterocycles. The summed E-state index contributed by atoms with van der Waals surface area (Å²) < 4.78 is 0. The van der Waals surface area contributed by atoms with Crippen molar-refractivity contribution in [1.82, 2.24) is 20.2 Å². The number of hydrogen-bond acceptors (Lipinski definition) is 4. The summed E-state index contributed by atoms with van der Waals surface area (Å²) in [5, 5.41) is 21.9. The van der Waals surface area contributed by atoms with Gasteiger partial charge in [-0.1, -0.05) is 11.6 Å². The Balaban J connectivity index is 2.10. The van der Waals surface area contributed by atoms with Gasteiger partial charge < -0.3 is 5.11 Å². The number of benzene rings is 1. The van der Waals surface area contributed by atoms with E-state index in [-0.39, 0.29) is 6.10 Å². The van der Waals surface area contributed by atoms with E-state index in [1.54, 1.807) is 19.1 Å². The number of rotatable bonds is 4. The molecule has 1 heterocycles. The quantitative estimate of drug-likeness (QED) is 0.901. The molecule has 90 valence electrons. The first-order chi connectivity index (χ1) is 8.15. The molecule has 1 atom stereocenters. The fraction of sp³-hybridized carbons (Fsp3) is 0.364. The molecule has 6 heteroatoms. The van der Waals surface area contributed by atoms with Crippen molar-refractivity contribution < 1.29 is 5.11 Å². The fourth-order valence-corrected chi connectivity index (χ4v) is 1.48. The lowest BCUT2D eigenvalue weighted by Crippen LogP contribution is -2.09. The van der Waals surface area contributed by atoms with Crippen LogP contribution in [0, 0.1) is 0 Å². The molecule has 0 spiro atoms. The Morgan fingerprint density at radius 3 is 2.71 bits per heavy atom. The molecule has 0 bridgehead atoms. The molecule has 0 saturated carbocycles. The highest BCUT2D eigenvalue weighted by atomic mass is 35.5. The lowest BCUT2D eigenvalue weighted by atomic mass is 10.2. The molecule has 2 rings (SSSR count). The first kappa shape index (κ1) is 12.0. The SMILES string of the molecule is C[C@H](O)CCn1nnc(-c2ccc(Cl)cc2)n1. The van der Waals surface area contributed by atoms with Crippen LogP contribution in [0.1, 0.15) is 13.3 Å². The van der Waals surface area contributed by atoms with E-state index >= 15 is 0 Å². The molecule has 0 aliphatic carbocycles. The number of aryl methyl sites for hydroxylation is 1. The Morgan fingerprint density at radius 1 is 1.35 bits per heavy atom. The van der Waals surface area contributed by atoms with Crippen molar-refractivity contribution in [3.8, 4) is 11.4 Å². The first-order valence-electron chi connectivity index (χ1n) is 5.37. The summed E-state index contributed by atoms with van der Waals surface area (Å²) in [5.41, 5.74) is 0.873. The third kappa shape index (κ3) is 3.25. The van der Waals surface area contributed by atoms with E-state index in [9.17, 15) is 0 Å². The molecule has 1 aromatic carbocycles. The summed E-state index contributed by atoms with van der Waals surface area (Å²) in [7, 11) is 0. The summed E-state index contributed by atoms with van der Waals surface area (Å²) in [5.74, 6) is 0.562. The largest absolute Gasteiger partial charge is 0.393 e. The normalized spacial score (nSPS) is 12.6. The number of aliphatic hydroxyl groups excluding tert-OH is 1. The zero-order chi connectivity index (χ0) is 12.3. The highest BCUT2D eigenvalue weighted by molar-refractivity contribution is 6.30. The van der Waals surface area contributed by atoms with E-state index in [2.05, 4.69) is 15.4 Å². The minimum atomic E-state index is -0.361. The first-order valence-corrected chi connectivity index (χ1v) is 5.75. The van der Waals surface area contributed by atoms with Gasteiger partial charge >= 0.3 is 0 Å². The molecule has 1 N–H and O–H groups in total. The highest BCUT2D eigenvalue weighted by Crippen LogP contribution is 2.16. The Morgan fingerprint density at radius 2 is 2.06 bits per heavy atom. The van der Waals surface area contributed by atoms with Crippen LogP contribution < -0.4 is 0 Å². The molecule has 0 aliphatic rings. The van der Waals surface area contributed by atoms with Gasteiger partial charge in [0.05, 0.1) is 12.6 Å². The van der Waals surface area contributed by atoms with Gasteiger partial charge in [0, 0.05) is 10.6 Å². The topological polar surface area (TPSA) is 63.8 Å². The summed E-state index contributed by atoms with van der Waals surface area (Å²) >= 11 is 5.80. The Labute approximate surface area is 104 Å². The Hall–Kier alpha value is -1.46. The van der Waals surface area contributed by atoms with Crippen molar-refractivity contribution in [2.24, 2.45) is 0 Å². The van der Waals surface area contributed by atoms with Gasteiger partial charge in [0.25, 0.3) is 0 Å². The Bertz CT molecular complexity index is 480. The van der Waals surface area contributed by atoms with Crippen LogP contribution in [0.25, 0.3) is 11.4 Å². The van der Waals surface area contributed by atoms with E-state index in [1.165, 1.54) is 4.80 Å². The van der Waals surface area contributed by atoms with Gasteiger partial charge in [-0.15, -0.1) is 10.2 Å². The molecular formula is C11H13ClN4O. The van der Waals surface area contributed by atoms with E-state index in [4.69, 9.17) is 16.7 Å². The molecule has 17 heavy (non-hydrogen) atoms. The standard InChI is InChI=1S/C11H13ClN4O/c1-8(17)6-7-16-14-11(13-15-16)9-2-4-10(12)5-3-9/h2-5,8,17H,6-7H2,1H3/t8-/m0/s1. The van der Waals surface area contributed by atoms with E-state index < -0.39 is 0 Å². The van der Waals surface area contributed by atoms with Crippen molar-refractivity contribution in [2.45, 2.75) is 26.0 Å². The predicted octanol–water partition coefficient (Wildman–Crippen LogP) is 1.76. The lowest BCUT2D eigenvalue weighted by Gasteiger charge is -2.01. The van der Waals surface area contributed by atoms with E-state index in [1.807, 2.05) is 12.1 Å². The summed E-state index contributed by atoms with van der Waals surface area (Å²) in [6.07, 6.45) is 0.246. The van der Waals surface area contributed by atoms with Gasteiger partial charge in [-0.25, -0.2) is 0 Å². The van der Waals surface area contributed by atoms with Crippen LogP contribution in [0.15, 0.2) is 24.3 Å². The highest BCUT2D eigenvalue weighted by Gasteiger charge is 2.06. The van der Waals surface area contributed by atoms with Crippen LogP contribution in [0.3, 0.4) is 0 Å². The molecule has 0 unspecified atom stereocenters. The number of aromatic nitrogens is 4. The minimum absolute atomic E-state index is 0.361. The molecule has 2 aromatic rings. The van der Waals surface area contributed by atoms with Gasteiger partial charge in [0.2, 0.25) is 5.82 Å². The second-order valence-corrected chi connectivity index (χ2v) is 4.29. The van der Waals surface area contributed by atoms with Gasteiger partial charge in [0.1, 0.15) is 0 Å². The van der Waals surface area contributed by atoms with Crippen molar-refractivity contribution in [2.75, 3.05) is 0 Å². The van der Waals surface area contributed by atoms with Crippen molar-refractivity contribution in [1.29, 1.82) is 0 Å². The van der Waals surface area contributed by atoms with Gasteiger partial charge in [0.15, 0.2) is 0 Å². The van der Waals surface area contributed by atoms with E-state index in [0.29, 0.717) is 23.8 Å². The molecule has 0 radical (unpaired) electrons. The maximum atomic E-state index is 9.16. The van der Waals surface area contributed by atoms with Crippen LogP contribution in [-0.4, -0.2) is 31.4 Å². The third-order valence-corrected chi connectivity index (χ3v) is 2.55. The van der Waals surface area contributed by atoms with Crippen molar-refractivity contribution in [3.05, 3.63) is 29.3 Å². The number of halogens is 1. The average Bonchev–Trinajstić information content (AvgIpc) is 2.76. The van der Waals surface area contributed by atoms with Crippen LogP contribution in [-0.2, 0) is 6.54 Å². The van der Waals surface area contributed by atoms with Crippen molar-refractivity contribution in [3.63, 3.8) is 0 Å². The number of nitrogens with zero attached hydrogens (tertiary/aromatic N) is 4. The second kappa shape index (κ2) is 5.25. The number of tetrazole rings is 1. The van der Waals surface area contributed by atoms with Crippen LogP contribution in [0.4, 0.5) is 0 Å². The zero-order valence-electron chi connectivity index (χ0n) is 9.41. The molecule has 5 nitrogen and oxygen atoms in total. The van der Waals surface area contributed by atoms with Crippen LogP contribution >= 0.6 is 11.6 Å². The molecular weight excluding hydrogens is 240 g/mol. The zero-order valence-corrected chi connectivity index (χ0v) is 10.2. The summed E-state index contributed by atoms with van der Waals surface area (Å²) in [6.45, 7) is 2.29. The van der Waals surface area contributed by atoms with Gasteiger partial charge in [-0.3, -0.25) is 0 Å². The second-order valence-electron chi connectivity index (χ2n) is 3.85. The third-order valence-electron chi connectivity index (χ3n) is 2.30. The maximum Gasteiger partial charge on any atom is 0.204 e. The predicted molar refractivity (Wildman–Crippen MR) is 64.6 cm³/mol. The number of aliphatic hydroxyl groups is 1. The van der Waals surface area contributed by atoms with Gasteiger partial charge in [-0.05, 0) is 42.8 Å². The summed E-state index contributed by atoms with van der Waals surface area (Å²) in [6, 6.07) is 7.26. The summed E-state index contributed by atoms with van der Waals surface area (Å²) in [4.78, 5) is 1.48. The van der Waals surface area contributed by atoms with Gasteiger partial charge in [-0.2, -0.15) is 4.80 Å². The van der Waals surface area contributed by atoms with Crippen molar-refractivity contribution >= 4 is 11.6 Å².